The summed E-state index contributed by atoms with van der Waals surface area (Å²) in [7, 11) is 0. The monoisotopic (exact) mass is 343 g/mol. The van der Waals surface area contributed by atoms with E-state index in [-0.39, 0.29) is 5.91 Å². The Balaban J connectivity index is 1.61. The normalized spacial score (nSPS) is 10.8. The summed E-state index contributed by atoms with van der Waals surface area (Å²) in [6.07, 6.45) is 3.32. The predicted molar refractivity (Wildman–Crippen MR) is 99.6 cm³/mol. The first-order valence-electron chi connectivity index (χ1n) is 8.35. The number of nitrogens with one attached hydrogen (secondary N) is 1. The molecule has 2 aromatic heterocycles. The number of aryl methyl sites for hydroxylation is 1. The zero-order valence-electron chi connectivity index (χ0n) is 14.3. The number of nitrogens with zero attached hydrogens (tertiary/aromatic N) is 2. The van der Waals surface area contributed by atoms with Gasteiger partial charge in [0.25, 0.3) is 5.91 Å². The number of hydrogen-bond donors (Lipinski definition) is 1. The van der Waals surface area contributed by atoms with Gasteiger partial charge < -0.3 is 9.84 Å². The molecule has 0 spiro atoms. The number of pyridine rings is 1. The molecule has 0 atom stereocenters. The minimum atomic E-state index is -0.205. The van der Waals surface area contributed by atoms with E-state index in [0.29, 0.717) is 23.6 Å². The van der Waals surface area contributed by atoms with Crippen LogP contribution < -0.4 is 5.32 Å². The maximum absolute atomic E-state index is 12.8. The topological polar surface area (TPSA) is 68.0 Å². The summed E-state index contributed by atoms with van der Waals surface area (Å²) in [5, 5.41) is 9.23. The quantitative estimate of drug-likeness (QED) is 0.605. The molecule has 5 nitrogen and oxygen atoms in total. The largest absolute Gasteiger partial charge is 0.355 e. The van der Waals surface area contributed by atoms with Gasteiger partial charge in [0.05, 0.1) is 5.69 Å². The molecule has 26 heavy (non-hydrogen) atoms. The summed E-state index contributed by atoms with van der Waals surface area (Å²) in [6.45, 7) is 2.20. The van der Waals surface area contributed by atoms with Crippen molar-refractivity contribution in [1.82, 2.24) is 15.5 Å². The van der Waals surface area contributed by atoms with Crippen LogP contribution in [0.3, 0.4) is 0 Å². The average molecular weight is 343 g/mol. The van der Waals surface area contributed by atoms with Crippen molar-refractivity contribution in [2.75, 3.05) is 0 Å². The van der Waals surface area contributed by atoms with Crippen molar-refractivity contribution in [3.8, 4) is 11.3 Å². The van der Waals surface area contributed by atoms with Gasteiger partial charge in [-0.25, -0.2) is 0 Å². The smallest absolute Gasteiger partial charge is 0.257 e. The molecule has 0 radical (unpaired) electrons. The highest BCUT2D eigenvalue weighted by molar-refractivity contribution is 6.00. The van der Waals surface area contributed by atoms with E-state index in [1.807, 2.05) is 24.3 Å². The van der Waals surface area contributed by atoms with E-state index < -0.39 is 0 Å². The van der Waals surface area contributed by atoms with E-state index in [2.05, 4.69) is 33.7 Å². The molecular formula is C21H17N3O2. The van der Waals surface area contributed by atoms with Gasteiger partial charge in [-0.2, -0.15) is 0 Å². The molecule has 0 saturated heterocycles. The Morgan fingerprint density at radius 3 is 2.65 bits per heavy atom. The third-order valence-electron chi connectivity index (χ3n) is 4.35. The zero-order valence-corrected chi connectivity index (χ0v) is 14.3. The van der Waals surface area contributed by atoms with Crippen molar-refractivity contribution < 1.29 is 9.32 Å². The molecule has 4 rings (SSSR count). The first-order valence-corrected chi connectivity index (χ1v) is 8.35. The van der Waals surface area contributed by atoms with E-state index in [9.17, 15) is 4.79 Å². The molecule has 5 heteroatoms. The molecule has 4 aromatic rings. The van der Waals surface area contributed by atoms with E-state index in [1.54, 1.807) is 31.5 Å². The van der Waals surface area contributed by atoms with Gasteiger partial charge in [-0.3, -0.25) is 9.78 Å². The maximum atomic E-state index is 12.8. The van der Waals surface area contributed by atoms with Crippen LogP contribution in [0.5, 0.6) is 0 Å². The first-order chi connectivity index (χ1) is 12.7. The predicted octanol–water partition coefficient (Wildman–Crippen LogP) is 4.13. The summed E-state index contributed by atoms with van der Waals surface area (Å²) in [4.78, 5) is 16.8. The Labute approximate surface area is 150 Å². The van der Waals surface area contributed by atoms with Crippen molar-refractivity contribution in [1.29, 1.82) is 0 Å². The second-order valence-corrected chi connectivity index (χ2v) is 6.03. The third kappa shape index (κ3) is 2.95. The molecule has 0 aliphatic rings. The summed E-state index contributed by atoms with van der Waals surface area (Å²) in [5.41, 5.74) is 2.86. The van der Waals surface area contributed by atoms with Gasteiger partial charge in [0.1, 0.15) is 5.56 Å². The highest BCUT2D eigenvalue weighted by Gasteiger charge is 2.21. The molecule has 1 amide bonds. The molecule has 2 heterocycles. The maximum Gasteiger partial charge on any atom is 0.257 e. The first kappa shape index (κ1) is 16.0. The van der Waals surface area contributed by atoms with Gasteiger partial charge in [-0.05, 0) is 35.4 Å². The van der Waals surface area contributed by atoms with Gasteiger partial charge in [-0.1, -0.05) is 47.6 Å². The number of amides is 1. The fourth-order valence-electron chi connectivity index (χ4n) is 3.05. The van der Waals surface area contributed by atoms with E-state index in [0.717, 1.165) is 21.9 Å². The van der Waals surface area contributed by atoms with E-state index in [4.69, 9.17) is 4.52 Å². The van der Waals surface area contributed by atoms with Crippen LogP contribution in [-0.4, -0.2) is 16.0 Å². The standard InChI is InChI=1S/C21H17N3O2/c1-14-19(20(26-24-14)16-9-11-22-12-10-16)21(25)23-13-17-7-4-6-15-5-2-3-8-18(15)17/h2-12H,13H2,1H3,(H,23,25). The highest BCUT2D eigenvalue weighted by atomic mass is 16.5. The number of hydrogen-bond acceptors (Lipinski definition) is 4. The zero-order chi connectivity index (χ0) is 17.9. The second-order valence-electron chi connectivity index (χ2n) is 6.03. The SMILES string of the molecule is Cc1noc(-c2ccncc2)c1C(=O)NCc1cccc2ccccc12. The molecule has 0 saturated carbocycles. The van der Waals surface area contributed by atoms with E-state index >= 15 is 0 Å². The van der Waals surface area contributed by atoms with Crippen LogP contribution in [0.2, 0.25) is 0 Å². The summed E-state index contributed by atoms with van der Waals surface area (Å²) in [6, 6.07) is 17.8. The number of fused-ring (bicyclic) bond motifs is 1. The molecule has 0 bridgehead atoms. The molecule has 0 aliphatic heterocycles. The van der Waals surface area contributed by atoms with Crippen molar-refractivity contribution >= 4 is 16.7 Å². The lowest BCUT2D eigenvalue weighted by atomic mass is 10.0. The molecule has 2 aromatic carbocycles. The Kier molecular flexibility index (Phi) is 4.19. The minimum Gasteiger partial charge on any atom is -0.355 e. The fraction of sp³-hybridized carbons (Fsp3) is 0.0952. The molecular weight excluding hydrogens is 326 g/mol. The van der Waals surface area contributed by atoms with Gasteiger partial charge in [0.2, 0.25) is 0 Å². The second kappa shape index (κ2) is 6.80. The van der Waals surface area contributed by atoms with Crippen molar-refractivity contribution in [3.05, 3.63) is 83.8 Å². The number of aromatic nitrogens is 2. The molecule has 1 N–H and O–H groups in total. The minimum absolute atomic E-state index is 0.205. The average Bonchev–Trinajstić information content (AvgIpc) is 3.08. The molecule has 128 valence electrons. The van der Waals surface area contributed by atoms with Crippen LogP contribution in [0.4, 0.5) is 0 Å². The lowest BCUT2D eigenvalue weighted by Crippen LogP contribution is -2.23. The van der Waals surface area contributed by atoms with Gasteiger partial charge in [0, 0.05) is 24.5 Å². The Morgan fingerprint density at radius 1 is 1.04 bits per heavy atom. The number of carbonyl (C=O) groups excluding carboxylic acids is 1. The summed E-state index contributed by atoms with van der Waals surface area (Å²) >= 11 is 0. The third-order valence-corrected chi connectivity index (χ3v) is 4.35. The van der Waals surface area contributed by atoms with Crippen LogP contribution >= 0.6 is 0 Å². The number of carbonyl (C=O) groups is 1. The van der Waals surface area contributed by atoms with Crippen LogP contribution in [-0.2, 0) is 6.54 Å². The summed E-state index contributed by atoms with van der Waals surface area (Å²) in [5.74, 6) is 0.254. The fourth-order valence-corrected chi connectivity index (χ4v) is 3.05. The van der Waals surface area contributed by atoms with Crippen molar-refractivity contribution in [2.45, 2.75) is 13.5 Å². The Morgan fingerprint density at radius 2 is 1.81 bits per heavy atom. The highest BCUT2D eigenvalue weighted by Crippen LogP contribution is 2.26. The molecule has 0 unspecified atom stereocenters. The van der Waals surface area contributed by atoms with Crippen LogP contribution in [0.1, 0.15) is 21.6 Å². The lowest BCUT2D eigenvalue weighted by Gasteiger charge is -2.09. The van der Waals surface area contributed by atoms with Gasteiger partial charge in [-0.15, -0.1) is 0 Å². The molecule has 0 fully saturated rings. The van der Waals surface area contributed by atoms with Gasteiger partial charge in [0.15, 0.2) is 5.76 Å². The van der Waals surface area contributed by atoms with Crippen LogP contribution in [0.15, 0.2) is 71.5 Å². The van der Waals surface area contributed by atoms with Gasteiger partial charge >= 0.3 is 0 Å². The van der Waals surface area contributed by atoms with Crippen LogP contribution in [0, 0.1) is 6.92 Å². The van der Waals surface area contributed by atoms with Crippen LogP contribution in [0.25, 0.3) is 22.1 Å². The summed E-state index contributed by atoms with van der Waals surface area (Å²) < 4.78 is 5.39. The van der Waals surface area contributed by atoms with Crippen molar-refractivity contribution in [2.24, 2.45) is 0 Å². The Hall–Kier alpha value is -3.47. The lowest BCUT2D eigenvalue weighted by molar-refractivity contribution is 0.0951. The number of rotatable bonds is 4. The van der Waals surface area contributed by atoms with Crippen molar-refractivity contribution in [3.63, 3.8) is 0 Å². The molecule has 0 aliphatic carbocycles. The Bertz CT molecular complexity index is 1070. The number of benzene rings is 2. The van der Waals surface area contributed by atoms with E-state index in [1.165, 1.54) is 0 Å².